The van der Waals surface area contributed by atoms with E-state index in [1.807, 2.05) is 54.6 Å². The number of furan rings is 1. The van der Waals surface area contributed by atoms with Gasteiger partial charge in [-0.05, 0) is 76.8 Å². The Bertz CT molecular complexity index is 2430. The van der Waals surface area contributed by atoms with Gasteiger partial charge in [-0.2, -0.15) is 0 Å². The molecule has 4 aromatic carbocycles. The normalized spacial score (nSPS) is 13.4. The molecule has 0 atom stereocenters. The molecule has 0 spiro atoms. The van der Waals surface area contributed by atoms with Gasteiger partial charge in [0.1, 0.15) is 0 Å². The fraction of sp³-hybridized carbons (Fsp3) is 0.0513. The maximum atomic E-state index is 7.63. The maximum Gasteiger partial charge on any atom is 0.216 e. The number of hydrogen-bond donors (Lipinski definition) is 0. The zero-order valence-electron chi connectivity index (χ0n) is 29.2. The van der Waals surface area contributed by atoms with Crippen molar-refractivity contribution in [3.63, 3.8) is 0 Å². The average Bonchev–Trinajstić information content (AvgIpc) is 3.50. The summed E-state index contributed by atoms with van der Waals surface area (Å²) in [5.74, 6) is 0. The summed E-state index contributed by atoms with van der Waals surface area (Å²) in [5.41, 5.74) is 6.31. The van der Waals surface area contributed by atoms with Gasteiger partial charge in [0.2, 0.25) is 5.71 Å². The SMILES string of the molecule is [2H]C([2H])([2H])c1ccc(-c2[c-]cccc2)nc1.[2H]C([2H])([2H])c1ccc2c(n1)oc1c(-c3cc(-c4ccc5ccccc5c4)ccn3)[c-]ccc12.[Ir]. The molecule has 4 aromatic heterocycles. The van der Waals surface area contributed by atoms with Crippen LogP contribution in [-0.4, -0.2) is 15.0 Å². The Balaban J connectivity index is 0.000000215. The van der Waals surface area contributed by atoms with Crippen LogP contribution in [0, 0.1) is 25.8 Å². The van der Waals surface area contributed by atoms with E-state index < -0.39 is 13.7 Å². The predicted octanol–water partition coefficient (Wildman–Crippen LogP) is 9.83. The average molecular weight is 752 g/mol. The van der Waals surface area contributed by atoms with Gasteiger partial charge in [-0.1, -0.05) is 65.5 Å². The molecule has 0 amide bonds. The molecule has 8 aromatic rings. The van der Waals surface area contributed by atoms with E-state index in [0.717, 1.165) is 38.9 Å². The summed E-state index contributed by atoms with van der Waals surface area (Å²) in [4.78, 5) is 12.9. The third kappa shape index (κ3) is 5.93. The quantitative estimate of drug-likeness (QED) is 0.169. The standard InChI is InChI=1S/C27H17N2O.C12H10N.Ir/c1-17-9-12-23-22-7-4-8-24(26(22)30-27(23)29-17)25-16-21(13-14-28-25)20-11-10-18-5-2-3-6-19(18)15-20;1-10-7-8-12(13-9-10)11-5-3-2-4-6-11;/h2-7,9-16H,1H3;2-5,7-9H,1H3;/q2*-1;/i2*1D3;. The Labute approximate surface area is 278 Å². The molecule has 8 rings (SSSR count). The number of benzene rings is 4. The van der Waals surface area contributed by atoms with Gasteiger partial charge in [-0.15, -0.1) is 54.1 Å². The topological polar surface area (TPSA) is 51.8 Å². The number of aromatic nitrogens is 3. The first-order valence-electron chi connectivity index (χ1n) is 16.7. The van der Waals surface area contributed by atoms with E-state index in [0.29, 0.717) is 16.9 Å². The molecule has 5 heteroatoms. The maximum absolute atomic E-state index is 7.63. The van der Waals surface area contributed by atoms with E-state index in [4.69, 9.17) is 12.6 Å². The molecule has 44 heavy (non-hydrogen) atoms. The summed E-state index contributed by atoms with van der Waals surface area (Å²) >= 11 is 0. The number of pyridine rings is 3. The van der Waals surface area contributed by atoms with Crippen LogP contribution in [0.1, 0.15) is 19.5 Å². The number of fused-ring (bicyclic) bond motifs is 4. The van der Waals surface area contributed by atoms with E-state index in [9.17, 15) is 0 Å². The second kappa shape index (κ2) is 12.7. The van der Waals surface area contributed by atoms with Crippen molar-refractivity contribution in [3.05, 3.63) is 151 Å². The van der Waals surface area contributed by atoms with Crippen molar-refractivity contribution < 1.29 is 32.7 Å². The van der Waals surface area contributed by atoms with Gasteiger partial charge in [0.05, 0.1) is 5.58 Å². The van der Waals surface area contributed by atoms with Crippen molar-refractivity contribution >= 4 is 32.8 Å². The number of aryl methyl sites for hydroxylation is 2. The van der Waals surface area contributed by atoms with Gasteiger partial charge < -0.3 is 14.4 Å². The van der Waals surface area contributed by atoms with Crippen LogP contribution in [0.2, 0.25) is 0 Å². The number of nitrogens with zero attached hydrogens (tertiary/aromatic N) is 3. The molecule has 0 bridgehead atoms. The molecule has 0 saturated heterocycles. The Kier molecular flexibility index (Phi) is 6.52. The van der Waals surface area contributed by atoms with Crippen LogP contribution in [0.5, 0.6) is 0 Å². The van der Waals surface area contributed by atoms with Crippen LogP contribution in [0.3, 0.4) is 0 Å². The minimum absolute atomic E-state index is 0. The molecule has 0 saturated carbocycles. The molecular formula is C39H27IrN3O-2. The third-order valence-corrected chi connectivity index (χ3v) is 7.15. The van der Waals surface area contributed by atoms with E-state index in [1.54, 1.807) is 30.5 Å². The van der Waals surface area contributed by atoms with Crippen molar-refractivity contribution in [3.8, 4) is 33.6 Å². The molecular weight excluding hydrogens is 719 g/mol. The van der Waals surface area contributed by atoms with Gasteiger partial charge in [-0.25, -0.2) is 4.98 Å². The van der Waals surface area contributed by atoms with Crippen LogP contribution in [0.4, 0.5) is 0 Å². The molecule has 0 aliphatic carbocycles. The smallest absolute Gasteiger partial charge is 0.216 e. The minimum Gasteiger partial charge on any atom is -0.486 e. The van der Waals surface area contributed by atoms with Crippen molar-refractivity contribution in [2.45, 2.75) is 13.7 Å². The fourth-order valence-corrected chi connectivity index (χ4v) is 5.03. The van der Waals surface area contributed by atoms with Gasteiger partial charge >= 0.3 is 0 Å². The van der Waals surface area contributed by atoms with Crippen molar-refractivity contribution in [1.29, 1.82) is 0 Å². The molecule has 0 aliphatic rings. The molecule has 0 fully saturated rings. The molecule has 0 N–H and O–H groups in total. The molecule has 4 nitrogen and oxygen atoms in total. The van der Waals surface area contributed by atoms with Crippen LogP contribution < -0.4 is 0 Å². The van der Waals surface area contributed by atoms with Gasteiger partial charge in [-0.3, -0.25) is 0 Å². The molecule has 0 unspecified atom stereocenters. The summed E-state index contributed by atoms with van der Waals surface area (Å²) in [5, 5.41) is 3.98. The Morgan fingerprint density at radius 2 is 1.57 bits per heavy atom. The Hall–Kier alpha value is -4.96. The molecule has 4 heterocycles. The predicted molar refractivity (Wildman–Crippen MR) is 175 cm³/mol. The van der Waals surface area contributed by atoms with Gasteiger partial charge in [0, 0.05) is 51.8 Å². The van der Waals surface area contributed by atoms with Crippen molar-refractivity contribution in [2.24, 2.45) is 0 Å². The first-order chi connectivity index (χ1) is 23.5. The Morgan fingerprint density at radius 3 is 2.39 bits per heavy atom. The van der Waals surface area contributed by atoms with Crippen molar-refractivity contribution in [1.82, 2.24) is 15.0 Å². The number of rotatable bonds is 3. The number of hydrogen-bond acceptors (Lipinski definition) is 4. The minimum atomic E-state index is -2.29. The summed E-state index contributed by atoms with van der Waals surface area (Å²) < 4.78 is 50.6. The zero-order chi connectivity index (χ0) is 34.2. The Morgan fingerprint density at radius 1 is 0.682 bits per heavy atom. The molecule has 215 valence electrons. The van der Waals surface area contributed by atoms with E-state index in [1.165, 1.54) is 23.0 Å². The first-order valence-corrected chi connectivity index (χ1v) is 13.7. The van der Waals surface area contributed by atoms with Crippen LogP contribution in [0.25, 0.3) is 66.5 Å². The van der Waals surface area contributed by atoms with E-state index in [-0.39, 0.29) is 31.4 Å². The largest absolute Gasteiger partial charge is 0.486 e. The van der Waals surface area contributed by atoms with Crippen LogP contribution in [0.15, 0.2) is 132 Å². The summed E-state index contributed by atoms with van der Waals surface area (Å²) in [7, 11) is 0. The molecule has 1 radical (unpaired) electrons. The van der Waals surface area contributed by atoms with Gasteiger partial charge in [0.25, 0.3) is 0 Å². The van der Waals surface area contributed by atoms with Gasteiger partial charge in [0.15, 0.2) is 0 Å². The van der Waals surface area contributed by atoms with Crippen molar-refractivity contribution in [2.75, 3.05) is 0 Å². The first kappa shape index (κ1) is 22.6. The fourth-order valence-electron chi connectivity index (χ4n) is 5.03. The van der Waals surface area contributed by atoms with E-state index >= 15 is 0 Å². The molecule has 0 aliphatic heterocycles. The second-order valence-corrected chi connectivity index (χ2v) is 9.95. The third-order valence-electron chi connectivity index (χ3n) is 7.15. The van der Waals surface area contributed by atoms with Crippen LogP contribution in [-0.2, 0) is 20.1 Å². The second-order valence-electron chi connectivity index (χ2n) is 9.95. The summed E-state index contributed by atoms with van der Waals surface area (Å²) in [6, 6.07) is 42.7. The summed E-state index contributed by atoms with van der Waals surface area (Å²) in [6.07, 6.45) is 3.17. The zero-order valence-corrected chi connectivity index (χ0v) is 25.6. The van der Waals surface area contributed by atoms with E-state index in [2.05, 4.69) is 57.4 Å². The summed E-state index contributed by atoms with van der Waals surface area (Å²) in [6.45, 7) is -4.39. The van der Waals surface area contributed by atoms with Crippen LogP contribution >= 0.6 is 0 Å². The monoisotopic (exact) mass is 752 g/mol.